The van der Waals surface area contributed by atoms with E-state index in [-0.39, 0.29) is 6.04 Å². The van der Waals surface area contributed by atoms with Gasteiger partial charge in [0.2, 0.25) is 21.8 Å². The number of nitrogens with one attached hydrogen (secondary N) is 2. The van der Waals surface area contributed by atoms with Crippen LogP contribution in [-0.2, 0) is 14.8 Å². The van der Waals surface area contributed by atoms with Gasteiger partial charge in [0.05, 0.1) is 19.0 Å². The van der Waals surface area contributed by atoms with Gasteiger partial charge in [-0.2, -0.15) is 0 Å². The van der Waals surface area contributed by atoms with E-state index in [0.717, 1.165) is 31.2 Å². The number of hydrogen-bond acceptors (Lipinski definition) is 6. The van der Waals surface area contributed by atoms with Crippen molar-refractivity contribution in [1.29, 1.82) is 0 Å². The van der Waals surface area contributed by atoms with E-state index in [1.807, 2.05) is 19.1 Å². The van der Waals surface area contributed by atoms with E-state index in [0.29, 0.717) is 29.0 Å². The average Bonchev–Trinajstić information content (AvgIpc) is 2.71. The quantitative estimate of drug-likeness (QED) is 0.640. The summed E-state index contributed by atoms with van der Waals surface area (Å²) in [5.74, 6) is 0.803. The molecule has 0 radical (unpaired) electrons. The van der Waals surface area contributed by atoms with Crippen molar-refractivity contribution in [2.24, 2.45) is 5.92 Å². The summed E-state index contributed by atoms with van der Waals surface area (Å²) in [7, 11) is -2.14. The molecule has 0 atom stereocenters. The lowest BCUT2D eigenvalue weighted by Gasteiger charge is -2.26. The number of anilines is 1. The Labute approximate surface area is 183 Å². The molecule has 1 heterocycles. The predicted molar refractivity (Wildman–Crippen MR) is 119 cm³/mol. The fourth-order valence-corrected chi connectivity index (χ4v) is 4.77. The largest absolute Gasteiger partial charge is 0.493 e. The Morgan fingerprint density at radius 1 is 1.13 bits per heavy atom. The third kappa shape index (κ3) is 6.93. The Hall–Kier alpha value is -2.65. The van der Waals surface area contributed by atoms with Gasteiger partial charge in [-0.3, -0.25) is 4.79 Å². The van der Waals surface area contributed by atoms with Crippen molar-refractivity contribution >= 4 is 21.6 Å². The predicted octanol–water partition coefficient (Wildman–Crippen LogP) is 3.63. The molecule has 1 aliphatic carbocycles. The SMILES string of the molecule is COc1cc(C)ccc1Oc1ccc(NC(=O)CS(=O)(=O)NC2CCC(C)CC2)cn1. The third-order valence-corrected chi connectivity index (χ3v) is 6.57. The fraction of sp³-hybridized carbons (Fsp3) is 0.455. The molecule has 0 bridgehead atoms. The molecule has 2 N–H and O–H groups in total. The molecule has 1 saturated carbocycles. The summed E-state index contributed by atoms with van der Waals surface area (Å²) >= 11 is 0. The van der Waals surface area contributed by atoms with Crippen LogP contribution in [0.5, 0.6) is 17.4 Å². The van der Waals surface area contributed by atoms with Gasteiger partial charge in [-0.15, -0.1) is 0 Å². The Balaban J connectivity index is 1.54. The summed E-state index contributed by atoms with van der Waals surface area (Å²) in [6.07, 6.45) is 5.01. The van der Waals surface area contributed by atoms with Crippen LogP contribution in [0.4, 0.5) is 5.69 Å². The number of hydrogen-bond donors (Lipinski definition) is 2. The zero-order valence-electron chi connectivity index (χ0n) is 18.1. The molecular weight excluding hydrogens is 418 g/mol. The third-order valence-electron chi connectivity index (χ3n) is 5.24. The van der Waals surface area contributed by atoms with E-state index in [2.05, 4.69) is 21.9 Å². The van der Waals surface area contributed by atoms with Gasteiger partial charge in [0, 0.05) is 12.1 Å². The number of ether oxygens (including phenoxy) is 2. The first-order chi connectivity index (χ1) is 14.7. The molecular formula is C22H29N3O5S. The van der Waals surface area contributed by atoms with Crippen LogP contribution < -0.4 is 19.5 Å². The van der Waals surface area contributed by atoms with Crippen molar-refractivity contribution < 1.29 is 22.7 Å². The van der Waals surface area contributed by atoms with Crippen molar-refractivity contribution in [3.63, 3.8) is 0 Å². The summed E-state index contributed by atoms with van der Waals surface area (Å²) in [5, 5.41) is 2.56. The maximum Gasteiger partial charge on any atom is 0.241 e. The Morgan fingerprint density at radius 3 is 2.52 bits per heavy atom. The van der Waals surface area contributed by atoms with E-state index in [1.165, 1.54) is 6.20 Å². The Bertz CT molecular complexity index is 1000. The number of sulfonamides is 1. The second kappa shape index (κ2) is 10.1. The Kier molecular flexibility index (Phi) is 7.50. The van der Waals surface area contributed by atoms with E-state index in [4.69, 9.17) is 9.47 Å². The van der Waals surface area contributed by atoms with Gasteiger partial charge >= 0.3 is 0 Å². The number of aromatic nitrogens is 1. The minimum absolute atomic E-state index is 0.0918. The van der Waals surface area contributed by atoms with Crippen molar-refractivity contribution in [3.05, 3.63) is 42.1 Å². The highest BCUT2D eigenvalue weighted by Gasteiger charge is 2.24. The number of amides is 1. The molecule has 2 aromatic rings. The number of benzene rings is 1. The fourth-order valence-electron chi connectivity index (χ4n) is 3.53. The monoisotopic (exact) mass is 447 g/mol. The molecule has 9 heteroatoms. The summed E-state index contributed by atoms with van der Waals surface area (Å²) < 4.78 is 38.3. The number of methoxy groups -OCH3 is 1. The van der Waals surface area contributed by atoms with Gasteiger partial charge in [0.1, 0.15) is 5.75 Å². The van der Waals surface area contributed by atoms with Crippen molar-refractivity contribution in [2.75, 3.05) is 18.2 Å². The molecule has 0 spiro atoms. The smallest absolute Gasteiger partial charge is 0.241 e. The van der Waals surface area contributed by atoms with E-state index < -0.39 is 21.7 Å². The lowest BCUT2D eigenvalue weighted by atomic mass is 9.88. The summed E-state index contributed by atoms with van der Waals surface area (Å²) in [6, 6.07) is 8.64. The highest BCUT2D eigenvalue weighted by molar-refractivity contribution is 7.90. The van der Waals surface area contributed by atoms with E-state index >= 15 is 0 Å². The first-order valence-corrected chi connectivity index (χ1v) is 12.0. The first kappa shape index (κ1) is 23.0. The number of aryl methyl sites for hydroxylation is 1. The maximum atomic E-state index is 12.3. The molecule has 1 fully saturated rings. The first-order valence-electron chi connectivity index (χ1n) is 10.3. The maximum absolute atomic E-state index is 12.3. The summed E-state index contributed by atoms with van der Waals surface area (Å²) in [5.41, 5.74) is 1.42. The lowest BCUT2D eigenvalue weighted by Crippen LogP contribution is -2.41. The normalized spacial score (nSPS) is 18.9. The summed E-state index contributed by atoms with van der Waals surface area (Å²) in [4.78, 5) is 16.4. The molecule has 0 saturated heterocycles. The standard InChI is InChI=1S/C22H29N3O5S/c1-15-4-7-17(8-5-15)25-31(27,28)14-21(26)24-18-9-11-22(23-13-18)30-19-10-6-16(2)12-20(19)29-3/h6,9-13,15,17,25H,4-5,7-8,14H2,1-3H3,(H,24,26). The molecule has 8 nitrogen and oxygen atoms in total. The minimum Gasteiger partial charge on any atom is -0.493 e. The average molecular weight is 448 g/mol. The number of carbonyl (C=O) groups excluding carboxylic acids is 1. The van der Waals surface area contributed by atoms with Gasteiger partial charge in [0.25, 0.3) is 0 Å². The number of pyridine rings is 1. The molecule has 1 aliphatic rings. The number of carbonyl (C=O) groups is 1. The molecule has 31 heavy (non-hydrogen) atoms. The van der Waals surface area contributed by atoms with Gasteiger partial charge in [-0.1, -0.05) is 13.0 Å². The second-order valence-corrected chi connectivity index (χ2v) is 9.78. The highest BCUT2D eigenvalue weighted by atomic mass is 32.2. The van der Waals surface area contributed by atoms with Crippen LogP contribution in [0.1, 0.15) is 38.2 Å². The molecule has 3 rings (SSSR count). The van der Waals surface area contributed by atoms with Gasteiger partial charge in [0.15, 0.2) is 11.5 Å². The zero-order valence-corrected chi connectivity index (χ0v) is 18.9. The van der Waals surface area contributed by atoms with Crippen molar-refractivity contribution in [3.8, 4) is 17.4 Å². The van der Waals surface area contributed by atoms with Gasteiger partial charge in [-0.05, 0) is 62.3 Å². The van der Waals surface area contributed by atoms with Crippen LogP contribution in [0.25, 0.3) is 0 Å². The lowest BCUT2D eigenvalue weighted by molar-refractivity contribution is -0.113. The van der Waals surface area contributed by atoms with E-state index in [9.17, 15) is 13.2 Å². The highest BCUT2D eigenvalue weighted by Crippen LogP contribution is 2.31. The van der Waals surface area contributed by atoms with Crippen LogP contribution in [0, 0.1) is 12.8 Å². The molecule has 1 aromatic heterocycles. The molecule has 1 aromatic carbocycles. The second-order valence-electron chi connectivity index (χ2n) is 8.02. The number of rotatable bonds is 8. The van der Waals surface area contributed by atoms with Crippen LogP contribution in [0.2, 0.25) is 0 Å². The molecule has 0 aliphatic heterocycles. The molecule has 0 unspecified atom stereocenters. The van der Waals surface area contributed by atoms with Crippen LogP contribution >= 0.6 is 0 Å². The summed E-state index contributed by atoms with van der Waals surface area (Å²) in [6.45, 7) is 4.12. The van der Waals surface area contributed by atoms with Crippen LogP contribution in [0.15, 0.2) is 36.5 Å². The number of nitrogens with zero attached hydrogens (tertiary/aromatic N) is 1. The van der Waals surface area contributed by atoms with Crippen molar-refractivity contribution in [2.45, 2.75) is 45.6 Å². The van der Waals surface area contributed by atoms with Gasteiger partial charge < -0.3 is 14.8 Å². The molecule has 1 amide bonds. The minimum atomic E-state index is -3.70. The van der Waals surface area contributed by atoms with Crippen LogP contribution in [0.3, 0.4) is 0 Å². The van der Waals surface area contributed by atoms with Crippen molar-refractivity contribution in [1.82, 2.24) is 9.71 Å². The topological polar surface area (TPSA) is 107 Å². The van der Waals surface area contributed by atoms with Crippen LogP contribution in [-0.4, -0.2) is 38.2 Å². The van der Waals surface area contributed by atoms with Gasteiger partial charge in [-0.25, -0.2) is 18.1 Å². The van der Waals surface area contributed by atoms with E-state index in [1.54, 1.807) is 25.3 Å². The Morgan fingerprint density at radius 2 is 1.87 bits per heavy atom. The zero-order chi connectivity index (χ0) is 22.4. The molecule has 168 valence electrons.